The molecule has 0 aliphatic carbocycles. The van der Waals surface area contributed by atoms with Gasteiger partial charge >= 0.3 is 0 Å². The zero-order valence-corrected chi connectivity index (χ0v) is 11.6. The highest BCUT2D eigenvalue weighted by Gasteiger charge is 2.11. The standard InChI is InChI=1S/C12H13N5O2S/c1-2-9(18)8-5-17(16-15-8)6-10-13-7-3-4-20-11(7)12(19)14-10/h3-5,9,18H,2,6H2,1H3,(H,13,14,19). The van der Waals surface area contributed by atoms with Crippen molar-refractivity contribution >= 4 is 21.6 Å². The number of nitrogens with zero attached hydrogens (tertiary/aromatic N) is 4. The quantitative estimate of drug-likeness (QED) is 0.749. The highest BCUT2D eigenvalue weighted by Crippen LogP contribution is 2.15. The van der Waals surface area contributed by atoms with E-state index >= 15 is 0 Å². The van der Waals surface area contributed by atoms with Crippen molar-refractivity contribution in [3.8, 4) is 0 Å². The van der Waals surface area contributed by atoms with Crippen molar-refractivity contribution in [2.45, 2.75) is 26.0 Å². The lowest BCUT2D eigenvalue weighted by Gasteiger charge is -2.01. The molecule has 0 radical (unpaired) electrons. The van der Waals surface area contributed by atoms with E-state index in [1.165, 1.54) is 11.3 Å². The van der Waals surface area contributed by atoms with E-state index in [1.807, 2.05) is 18.4 Å². The number of rotatable bonds is 4. The molecule has 0 saturated heterocycles. The van der Waals surface area contributed by atoms with Crippen molar-refractivity contribution < 1.29 is 5.11 Å². The molecule has 7 nitrogen and oxygen atoms in total. The van der Waals surface area contributed by atoms with Crippen LogP contribution in [0.2, 0.25) is 0 Å². The summed E-state index contributed by atoms with van der Waals surface area (Å²) in [6, 6.07) is 1.81. The summed E-state index contributed by atoms with van der Waals surface area (Å²) >= 11 is 1.37. The van der Waals surface area contributed by atoms with E-state index < -0.39 is 6.10 Å². The lowest BCUT2D eigenvalue weighted by molar-refractivity contribution is 0.168. The molecule has 0 bridgehead atoms. The SMILES string of the molecule is CCC(O)c1cn(Cc2nc3ccsc3c(=O)[nH]2)nn1. The van der Waals surface area contributed by atoms with Gasteiger partial charge in [0.25, 0.3) is 5.56 Å². The maximum atomic E-state index is 11.8. The Hall–Kier alpha value is -2.06. The van der Waals surface area contributed by atoms with Gasteiger partial charge < -0.3 is 10.1 Å². The van der Waals surface area contributed by atoms with Crippen molar-refractivity contribution in [2.24, 2.45) is 0 Å². The number of H-pyrrole nitrogens is 1. The van der Waals surface area contributed by atoms with Gasteiger partial charge in [-0.1, -0.05) is 12.1 Å². The van der Waals surface area contributed by atoms with Gasteiger partial charge in [0.15, 0.2) is 0 Å². The van der Waals surface area contributed by atoms with Crippen LogP contribution in [0.15, 0.2) is 22.4 Å². The van der Waals surface area contributed by atoms with Crippen molar-refractivity contribution in [3.63, 3.8) is 0 Å². The molecule has 0 amide bonds. The summed E-state index contributed by atoms with van der Waals surface area (Å²) in [5, 5.41) is 19.3. The predicted molar refractivity (Wildman–Crippen MR) is 74.6 cm³/mol. The van der Waals surface area contributed by atoms with Gasteiger partial charge in [-0.2, -0.15) is 0 Å². The molecule has 0 saturated carbocycles. The highest BCUT2D eigenvalue weighted by atomic mass is 32.1. The average Bonchev–Trinajstić information content (AvgIpc) is 3.07. The first kappa shape index (κ1) is 12.9. The largest absolute Gasteiger partial charge is 0.387 e. The number of aliphatic hydroxyl groups is 1. The molecule has 2 N–H and O–H groups in total. The van der Waals surface area contributed by atoms with Crippen LogP contribution in [0.5, 0.6) is 0 Å². The Morgan fingerprint density at radius 1 is 1.55 bits per heavy atom. The molecule has 8 heteroatoms. The van der Waals surface area contributed by atoms with E-state index in [1.54, 1.807) is 10.9 Å². The first-order chi connectivity index (χ1) is 9.67. The Morgan fingerprint density at radius 2 is 2.40 bits per heavy atom. The zero-order chi connectivity index (χ0) is 14.1. The summed E-state index contributed by atoms with van der Waals surface area (Å²) in [5.74, 6) is 0.517. The van der Waals surface area contributed by atoms with Crippen molar-refractivity contribution in [1.29, 1.82) is 0 Å². The Kier molecular flexibility index (Phi) is 3.33. The Bertz CT molecular complexity index is 790. The fourth-order valence-electron chi connectivity index (χ4n) is 1.90. The van der Waals surface area contributed by atoms with Crippen LogP contribution in [0.1, 0.15) is 31.0 Å². The molecule has 0 fully saturated rings. The van der Waals surface area contributed by atoms with Crippen molar-refractivity contribution in [3.05, 3.63) is 39.5 Å². The molecule has 1 unspecified atom stereocenters. The third-order valence-electron chi connectivity index (χ3n) is 2.96. The molecule has 3 rings (SSSR count). The van der Waals surface area contributed by atoms with Crippen LogP contribution in [0.3, 0.4) is 0 Å². The lowest BCUT2D eigenvalue weighted by atomic mass is 10.2. The first-order valence-electron chi connectivity index (χ1n) is 6.22. The van der Waals surface area contributed by atoms with E-state index in [0.717, 1.165) is 0 Å². The topological polar surface area (TPSA) is 96.7 Å². The van der Waals surface area contributed by atoms with Gasteiger partial charge in [0.05, 0.1) is 17.8 Å². The number of hydrogen-bond donors (Lipinski definition) is 2. The molecule has 0 aromatic carbocycles. The van der Waals surface area contributed by atoms with Crippen LogP contribution in [0.25, 0.3) is 10.2 Å². The van der Waals surface area contributed by atoms with Crippen LogP contribution in [-0.4, -0.2) is 30.1 Å². The average molecular weight is 291 g/mol. The van der Waals surface area contributed by atoms with Gasteiger partial charge in [0.1, 0.15) is 22.8 Å². The summed E-state index contributed by atoms with van der Waals surface area (Å²) in [6.07, 6.45) is 1.62. The van der Waals surface area contributed by atoms with E-state index in [-0.39, 0.29) is 5.56 Å². The van der Waals surface area contributed by atoms with Gasteiger partial charge in [-0.05, 0) is 17.9 Å². The van der Waals surface area contributed by atoms with Gasteiger partial charge in [-0.3, -0.25) is 4.79 Å². The maximum absolute atomic E-state index is 11.8. The number of aromatic nitrogens is 5. The Morgan fingerprint density at radius 3 is 3.20 bits per heavy atom. The molecular formula is C12H13N5O2S. The number of fused-ring (bicyclic) bond motifs is 1. The van der Waals surface area contributed by atoms with Crippen LogP contribution in [0, 0.1) is 0 Å². The molecule has 3 heterocycles. The monoisotopic (exact) mass is 291 g/mol. The first-order valence-corrected chi connectivity index (χ1v) is 7.10. The number of nitrogens with one attached hydrogen (secondary N) is 1. The molecule has 1 atom stereocenters. The van der Waals surface area contributed by atoms with Crippen LogP contribution >= 0.6 is 11.3 Å². The second kappa shape index (κ2) is 5.14. The minimum atomic E-state index is -0.616. The second-order valence-corrected chi connectivity index (χ2v) is 5.33. The molecule has 20 heavy (non-hydrogen) atoms. The zero-order valence-electron chi connectivity index (χ0n) is 10.8. The lowest BCUT2D eigenvalue weighted by Crippen LogP contribution is -2.13. The number of thiophene rings is 1. The molecule has 3 aromatic heterocycles. The summed E-state index contributed by atoms with van der Waals surface area (Å²) < 4.78 is 2.17. The molecule has 104 valence electrons. The fraction of sp³-hybridized carbons (Fsp3) is 0.333. The smallest absolute Gasteiger partial charge is 0.268 e. The van der Waals surface area contributed by atoms with Gasteiger partial charge in [-0.25, -0.2) is 9.67 Å². The summed E-state index contributed by atoms with van der Waals surface area (Å²) in [7, 11) is 0. The fourth-order valence-corrected chi connectivity index (χ4v) is 2.63. The minimum absolute atomic E-state index is 0.145. The number of aromatic amines is 1. The van der Waals surface area contributed by atoms with E-state index in [0.29, 0.717) is 34.7 Å². The minimum Gasteiger partial charge on any atom is -0.387 e. The second-order valence-electron chi connectivity index (χ2n) is 4.41. The molecule has 0 aliphatic heterocycles. The third-order valence-corrected chi connectivity index (χ3v) is 3.86. The normalized spacial score (nSPS) is 12.9. The Balaban J connectivity index is 1.89. The predicted octanol–water partition coefficient (Wildman–Crippen LogP) is 1.07. The molecule has 3 aromatic rings. The summed E-state index contributed by atoms with van der Waals surface area (Å²) in [4.78, 5) is 18.9. The van der Waals surface area contributed by atoms with Crippen molar-refractivity contribution in [1.82, 2.24) is 25.0 Å². The maximum Gasteiger partial charge on any atom is 0.268 e. The van der Waals surface area contributed by atoms with E-state index in [4.69, 9.17) is 0 Å². The Labute approximate surface area is 117 Å². The van der Waals surface area contributed by atoms with Gasteiger partial charge in [0.2, 0.25) is 0 Å². The highest BCUT2D eigenvalue weighted by molar-refractivity contribution is 7.17. The molecular weight excluding hydrogens is 278 g/mol. The van der Waals surface area contributed by atoms with E-state index in [2.05, 4.69) is 20.3 Å². The summed E-state index contributed by atoms with van der Waals surface area (Å²) in [6.45, 7) is 2.18. The molecule has 0 aliphatic rings. The summed E-state index contributed by atoms with van der Waals surface area (Å²) in [5.41, 5.74) is 1.06. The third kappa shape index (κ3) is 2.35. The number of hydrogen-bond acceptors (Lipinski definition) is 6. The number of aliphatic hydroxyl groups excluding tert-OH is 1. The van der Waals surface area contributed by atoms with Gasteiger partial charge in [0, 0.05) is 0 Å². The van der Waals surface area contributed by atoms with Crippen LogP contribution < -0.4 is 5.56 Å². The van der Waals surface area contributed by atoms with E-state index in [9.17, 15) is 9.90 Å². The van der Waals surface area contributed by atoms with Crippen LogP contribution in [-0.2, 0) is 6.54 Å². The van der Waals surface area contributed by atoms with Crippen molar-refractivity contribution in [2.75, 3.05) is 0 Å². The molecule has 0 spiro atoms. The van der Waals surface area contributed by atoms with Gasteiger partial charge in [-0.15, -0.1) is 16.4 Å². The van der Waals surface area contributed by atoms with Crippen LogP contribution in [0.4, 0.5) is 0 Å².